The van der Waals surface area contributed by atoms with E-state index in [2.05, 4.69) is 90.1 Å². The molecule has 0 atom stereocenters. The molecule has 0 aliphatic rings. The van der Waals surface area contributed by atoms with Crippen molar-refractivity contribution in [2.75, 3.05) is 0 Å². The maximum Gasteiger partial charge on any atom is 0.121 e. The highest BCUT2D eigenvalue weighted by Gasteiger charge is 2.14. The van der Waals surface area contributed by atoms with Gasteiger partial charge in [-0.05, 0) is 22.0 Å². The monoisotopic (exact) mass is 294 g/mol. The second kappa shape index (κ2) is 5.80. The molecule has 1 heteroatoms. The minimum Gasteiger partial charge on any atom is -0.0628 e. The van der Waals surface area contributed by atoms with Crippen molar-refractivity contribution in [2.24, 2.45) is 0 Å². The topological polar surface area (TPSA) is 0 Å². The summed E-state index contributed by atoms with van der Waals surface area (Å²) < 4.78 is 0. The average Bonchev–Trinajstić information content (AvgIpc) is 2.38. The summed E-state index contributed by atoms with van der Waals surface area (Å²) in [6, 6.07) is 18.2. The average molecular weight is 295 g/mol. The van der Waals surface area contributed by atoms with Crippen LogP contribution in [0.5, 0.6) is 0 Å². The van der Waals surface area contributed by atoms with Crippen LogP contribution in [-0.2, 0) is 10.8 Å². The Labute approximate surface area is 132 Å². The molecule has 0 N–H and O–H groups in total. The van der Waals surface area contributed by atoms with Crippen LogP contribution in [0.3, 0.4) is 0 Å². The van der Waals surface area contributed by atoms with E-state index in [1.807, 2.05) is 0 Å². The van der Waals surface area contributed by atoms with Gasteiger partial charge in [0.1, 0.15) is 9.52 Å². The highest BCUT2D eigenvalue weighted by atomic mass is 28.2. The second-order valence-corrected chi connectivity index (χ2v) is 9.18. The molecule has 2 aromatic rings. The predicted octanol–water partition coefficient (Wildman–Crippen LogP) is 3.94. The maximum absolute atomic E-state index is 2.27. The van der Waals surface area contributed by atoms with E-state index in [-0.39, 0.29) is 10.8 Å². The summed E-state index contributed by atoms with van der Waals surface area (Å²) in [7, 11) is 0.736. The molecule has 0 saturated carbocycles. The van der Waals surface area contributed by atoms with Gasteiger partial charge in [-0.2, -0.15) is 0 Å². The third-order valence-electron chi connectivity index (χ3n) is 3.79. The fourth-order valence-electron chi connectivity index (χ4n) is 2.27. The molecule has 0 aromatic heterocycles. The second-order valence-electron chi connectivity index (χ2n) is 7.78. The highest BCUT2D eigenvalue weighted by Crippen LogP contribution is 2.21. The van der Waals surface area contributed by atoms with E-state index < -0.39 is 0 Å². The van der Waals surface area contributed by atoms with E-state index in [1.165, 1.54) is 21.5 Å². The van der Waals surface area contributed by atoms with Crippen LogP contribution < -0.4 is 10.4 Å². The van der Waals surface area contributed by atoms with E-state index in [0.717, 1.165) is 9.52 Å². The first-order chi connectivity index (χ1) is 9.66. The Morgan fingerprint density at radius 1 is 0.524 bits per heavy atom. The summed E-state index contributed by atoms with van der Waals surface area (Å²) in [5.41, 5.74) is 3.27. The molecule has 0 saturated heterocycles. The van der Waals surface area contributed by atoms with Gasteiger partial charge in [0.25, 0.3) is 0 Å². The van der Waals surface area contributed by atoms with Gasteiger partial charge in [0.05, 0.1) is 0 Å². The molecule has 2 aromatic carbocycles. The summed E-state index contributed by atoms with van der Waals surface area (Å²) in [5.74, 6) is 0. The third-order valence-corrected chi connectivity index (χ3v) is 5.03. The molecule has 110 valence electrons. The Kier molecular flexibility index (Phi) is 4.43. The molecule has 0 unspecified atom stereocenters. The van der Waals surface area contributed by atoms with Crippen molar-refractivity contribution in [3.05, 3.63) is 59.7 Å². The van der Waals surface area contributed by atoms with Crippen LogP contribution in [0.4, 0.5) is 0 Å². The Morgan fingerprint density at radius 2 is 0.810 bits per heavy atom. The van der Waals surface area contributed by atoms with Gasteiger partial charge in [-0.25, -0.2) is 0 Å². The summed E-state index contributed by atoms with van der Waals surface area (Å²) in [6.07, 6.45) is 0. The summed E-state index contributed by atoms with van der Waals surface area (Å²) in [6.45, 7) is 13.6. The van der Waals surface area contributed by atoms with Crippen molar-refractivity contribution in [3.63, 3.8) is 0 Å². The quantitative estimate of drug-likeness (QED) is 0.736. The maximum atomic E-state index is 2.27. The zero-order valence-electron chi connectivity index (χ0n) is 14.1. The minimum absolute atomic E-state index is 0.232. The van der Waals surface area contributed by atoms with Crippen molar-refractivity contribution in [2.45, 2.75) is 52.4 Å². The Balaban J connectivity index is 2.12. The highest BCUT2D eigenvalue weighted by molar-refractivity contribution is 6.67. The van der Waals surface area contributed by atoms with E-state index in [4.69, 9.17) is 0 Å². The SMILES string of the molecule is CC(C)(C)c1ccc([Si]c2ccc(C(C)(C)C)cc2)cc1. The minimum atomic E-state index is 0.232. The van der Waals surface area contributed by atoms with E-state index >= 15 is 0 Å². The van der Waals surface area contributed by atoms with Crippen LogP contribution in [-0.4, -0.2) is 9.52 Å². The van der Waals surface area contributed by atoms with Gasteiger partial charge in [-0.15, -0.1) is 0 Å². The molecule has 21 heavy (non-hydrogen) atoms. The van der Waals surface area contributed by atoms with Crippen molar-refractivity contribution in [1.82, 2.24) is 0 Å². The molecule has 0 heterocycles. The van der Waals surface area contributed by atoms with Gasteiger partial charge in [0, 0.05) is 0 Å². The van der Waals surface area contributed by atoms with Gasteiger partial charge in [-0.3, -0.25) is 0 Å². The molecular weight excluding hydrogens is 268 g/mol. The van der Waals surface area contributed by atoms with Crippen LogP contribution >= 0.6 is 0 Å². The van der Waals surface area contributed by atoms with E-state index in [9.17, 15) is 0 Å². The van der Waals surface area contributed by atoms with Gasteiger partial charge in [0.2, 0.25) is 0 Å². The molecule has 0 nitrogen and oxygen atoms in total. The number of rotatable bonds is 2. The molecule has 2 rings (SSSR count). The van der Waals surface area contributed by atoms with Gasteiger partial charge >= 0.3 is 0 Å². The van der Waals surface area contributed by atoms with Gasteiger partial charge in [-0.1, -0.05) is 100 Å². The number of hydrogen-bond acceptors (Lipinski definition) is 0. The van der Waals surface area contributed by atoms with Gasteiger partial charge < -0.3 is 0 Å². The first-order valence-electron chi connectivity index (χ1n) is 7.64. The van der Waals surface area contributed by atoms with E-state index in [0.29, 0.717) is 0 Å². The molecule has 0 amide bonds. The molecule has 0 spiro atoms. The molecule has 0 aliphatic heterocycles. The molecular formula is C20H26Si. The van der Waals surface area contributed by atoms with Crippen LogP contribution in [0.25, 0.3) is 0 Å². The zero-order valence-corrected chi connectivity index (χ0v) is 15.1. The molecule has 0 aliphatic carbocycles. The Bertz CT molecular complexity index is 522. The van der Waals surface area contributed by atoms with Crippen LogP contribution in [0, 0.1) is 0 Å². The lowest BCUT2D eigenvalue weighted by Gasteiger charge is -2.19. The Hall–Kier alpha value is -1.34. The molecule has 0 fully saturated rings. The largest absolute Gasteiger partial charge is 0.121 e. The van der Waals surface area contributed by atoms with Gasteiger partial charge in [0.15, 0.2) is 0 Å². The van der Waals surface area contributed by atoms with E-state index in [1.54, 1.807) is 0 Å². The van der Waals surface area contributed by atoms with Crippen LogP contribution in [0.15, 0.2) is 48.5 Å². The summed E-state index contributed by atoms with van der Waals surface area (Å²) in [5, 5.41) is 2.82. The first-order valence-corrected chi connectivity index (χ1v) is 8.64. The van der Waals surface area contributed by atoms with Crippen molar-refractivity contribution in [3.8, 4) is 0 Å². The Morgan fingerprint density at radius 3 is 1.05 bits per heavy atom. The van der Waals surface area contributed by atoms with Crippen molar-refractivity contribution < 1.29 is 0 Å². The number of benzene rings is 2. The molecule has 2 radical (unpaired) electrons. The zero-order chi connectivity index (χ0) is 15.7. The molecule has 0 bridgehead atoms. The van der Waals surface area contributed by atoms with Crippen LogP contribution in [0.2, 0.25) is 0 Å². The van der Waals surface area contributed by atoms with Crippen LogP contribution in [0.1, 0.15) is 52.7 Å². The normalized spacial score (nSPS) is 12.5. The fraction of sp³-hybridized carbons (Fsp3) is 0.400. The van der Waals surface area contributed by atoms with Crippen molar-refractivity contribution in [1.29, 1.82) is 0 Å². The first kappa shape index (κ1) is 16.0. The standard InChI is InChI=1S/C20H26Si/c1-19(2,3)15-7-11-17(12-8-15)21-18-13-9-16(10-14-18)20(4,5)6/h7-14H,1-6H3. The lowest BCUT2D eigenvalue weighted by atomic mass is 9.87. The van der Waals surface area contributed by atoms with Crippen molar-refractivity contribution >= 4 is 19.9 Å². The summed E-state index contributed by atoms with van der Waals surface area (Å²) >= 11 is 0. The number of hydrogen-bond donors (Lipinski definition) is 0. The lowest BCUT2D eigenvalue weighted by Crippen LogP contribution is -2.27. The predicted molar refractivity (Wildman–Crippen MR) is 95.3 cm³/mol. The summed E-state index contributed by atoms with van der Waals surface area (Å²) in [4.78, 5) is 0. The smallest absolute Gasteiger partial charge is 0.0628 e. The lowest BCUT2D eigenvalue weighted by molar-refractivity contribution is 0.590. The fourth-order valence-corrected chi connectivity index (χ4v) is 3.27. The third kappa shape index (κ3) is 4.31.